The molecule has 2 aliphatic heterocycles. The Morgan fingerprint density at radius 1 is 1.27 bits per heavy atom. The number of rotatable bonds is 3. The molecule has 1 fully saturated rings. The van der Waals surface area contributed by atoms with Crippen molar-refractivity contribution in [1.29, 1.82) is 0 Å². The number of benzene rings is 1. The van der Waals surface area contributed by atoms with Gasteiger partial charge in [0.2, 0.25) is 0 Å². The van der Waals surface area contributed by atoms with Crippen LogP contribution in [0.1, 0.15) is 30.6 Å². The third kappa shape index (κ3) is 4.02. The number of aliphatic hydroxyl groups is 1. The maximum atomic E-state index is 13.4. The molecule has 6 heteroatoms. The Labute approximate surface area is 152 Å². The van der Waals surface area contributed by atoms with Crippen LogP contribution in [0.4, 0.5) is 8.78 Å². The van der Waals surface area contributed by atoms with E-state index in [2.05, 4.69) is 21.8 Å². The summed E-state index contributed by atoms with van der Waals surface area (Å²) in [6.45, 7) is 8.36. The first kappa shape index (κ1) is 18.7. The minimum Gasteiger partial charge on any atom is -0.387 e. The predicted octanol–water partition coefficient (Wildman–Crippen LogP) is 3.23. The van der Waals surface area contributed by atoms with E-state index >= 15 is 0 Å². The Morgan fingerprint density at radius 3 is 2.54 bits per heavy atom. The van der Waals surface area contributed by atoms with Gasteiger partial charge < -0.3 is 15.3 Å². The van der Waals surface area contributed by atoms with Gasteiger partial charge in [0.25, 0.3) is 5.92 Å². The number of alkyl halides is 2. The normalized spacial score (nSPS) is 22.8. The molecule has 0 bridgehead atoms. The highest BCUT2D eigenvalue weighted by Crippen LogP contribution is 2.34. The first-order chi connectivity index (χ1) is 12.4. The Balaban J connectivity index is 1.88. The van der Waals surface area contributed by atoms with Crippen LogP contribution in [0.25, 0.3) is 0 Å². The smallest absolute Gasteiger partial charge is 0.270 e. The number of hydrogen-bond acceptors (Lipinski definition) is 4. The first-order valence-corrected chi connectivity index (χ1v) is 8.90. The van der Waals surface area contributed by atoms with Crippen LogP contribution in [0.2, 0.25) is 0 Å². The lowest BCUT2D eigenvalue weighted by atomic mass is 9.86. The number of aliphatic imine (C=N–C) groups is 1. The van der Waals surface area contributed by atoms with Crippen LogP contribution in [0.3, 0.4) is 0 Å². The summed E-state index contributed by atoms with van der Waals surface area (Å²) in [6, 6.07) is 5.88. The highest BCUT2D eigenvalue weighted by Gasteiger charge is 2.33. The van der Waals surface area contributed by atoms with E-state index in [1.165, 1.54) is 12.1 Å². The van der Waals surface area contributed by atoms with Crippen LogP contribution in [-0.2, 0) is 5.92 Å². The van der Waals surface area contributed by atoms with Gasteiger partial charge in [-0.25, -0.2) is 13.8 Å². The van der Waals surface area contributed by atoms with Crippen molar-refractivity contribution in [1.82, 2.24) is 10.2 Å². The molecular weight excluding hydrogens is 336 g/mol. The fraction of sp³-hybridized carbons (Fsp3) is 0.450. The summed E-state index contributed by atoms with van der Waals surface area (Å²) >= 11 is 0. The molecule has 3 rings (SSSR count). The van der Waals surface area contributed by atoms with Gasteiger partial charge in [-0.05, 0) is 12.0 Å². The maximum absolute atomic E-state index is 13.4. The molecule has 2 heterocycles. The topological polar surface area (TPSA) is 47.9 Å². The van der Waals surface area contributed by atoms with E-state index in [1.54, 1.807) is 18.3 Å². The molecule has 0 aliphatic carbocycles. The van der Waals surface area contributed by atoms with Gasteiger partial charge in [-0.2, -0.15) is 0 Å². The molecule has 0 amide bonds. The highest BCUT2D eigenvalue weighted by atomic mass is 19.3. The van der Waals surface area contributed by atoms with Crippen molar-refractivity contribution in [2.24, 2.45) is 10.9 Å². The van der Waals surface area contributed by atoms with E-state index in [0.717, 1.165) is 44.5 Å². The number of piperazine rings is 1. The monoisotopic (exact) mass is 361 g/mol. The molecule has 1 aromatic rings. The van der Waals surface area contributed by atoms with Gasteiger partial charge in [0.15, 0.2) is 0 Å². The summed E-state index contributed by atoms with van der Waals surface area (Å²) in [5.74, 6) is -2.47. The lowest BCUT2D eigenvalue weighted by Crippen LogP contribution is -2.49. The fourth-order valence-corrected chi connectivity index (χ4v) is 3.43. The standard InChI is InChI=1S/C20H25F2N3O/c1-14-4-3-9-24-19(25-12-10-23-11-13-25)17(14)18(26)15-5-7-16(8-6-15)20(2,21)22/h3,5-9,17-18,23,26H,1,4,10-13H2,2H3. The van der Waals surface area contributed by atoms with Gasteiger partial charge in [0, 0.05) is 44.9 Å². The van der Waals surface area contributed by atoms with E-state index in [-0.39, 0.29) is 11.5 Å². The van der Waals surface area contributed by atoms with Crippen molar-refractivity contribution in [3.8, 4) is 0 Å². The molecule has 2 unspecified atom stereocenters. The molecule has 0 radical (unpaired) electrons. The Bertz CT molecular complexity index is 701. The minimum atomic E-state index is -2.90. The Hall–Kier alpha value is -2.05. The zero-order chi connectivity index (χ0) is 18.7. The van der Waals surface area contributed by atoms with Crippen LogP contribution in [0, 0.1) is 5.92 Å². The summed E-state index contributed by atoms with van der Waals surface area (Å²) in [4.78, 5) is 6.74. The molecular formula is C20H25F2N3O. The van der Waals surface area contributed by atoms with Crippen molar-refractivity contribution in [2.45, 2.75) is 25.4 Å². The molecule has 4 nitrogen and oxygen atoms in total. The van der Waals surface area contributed by atoms with Crippen molar-refractivity contribution in [3.05, 3.63) is 59.8 Å². The fourth-order valence-electron chi connectivity index (χ4n) is 3.43. The summed E-state index contributed by atoms with van der Waals surface area (Å²) in [5, 5.41) is 14.3. The molecule has 26 heavy (non-hydrogen) atoms. The van der Waals surface area contributed by atoms with Crippen LogP contribution >= 0.6 is 0 Å². The van der Waals surface area contributed by atoms with Crippen LogP contribution in [0.5, 0.6) is 0 Å². The lowest BCUT2D eigenvalue weighted by molar-refractivity contribution is 0.0174. The quantitative estimate of drug-likeness (QED) is 0.813. The van der Waals surface area contributed by atoms with Gasteiger partial charge in [-0.1, -0.05) is 42.5 Å². The van der Waals surface area contributed by atoms with E-state index < -0.39 is 12.0 Å². The molecule has 0 aromatic heterocycles. The third-order valence-electron chi connectivity index (χ3n) is 4.93. The second-order valence-electron chi connectivity index (χ2n) is 6.90. The molecule has 2 aliphatic rings. The maximum Gasteiger partial charge on any atom is 0.270 e. The number of halogens is 2. The predicted molar refractivity (Wildman–Crippen MR) is 99.2 cm³/mol. The van der Waals surface area contributed by atoms with Gasteiger partial charge >= 0.3 is 0 Å². The van der Waals surface area contributed by atoms with Crippen molar-refractivity contribution >= 4 is 5.84 Å². The molecule has 0 spiro atoms. The summed E-state index contributed by atoms with van der Waals surface area (Å²) in [7, 11) is 0. The van der Waals surface area contributed by atoms with E-state index in [4.69, 9.17) is 0 Å². The number of nitrogens with one attached hydrogen (secondary N) is 1. The molecule has 1 aromatic carbocycles. The van der Waals surface area contributed by atoms with Gasteiger partial charge in [-0.3, -0.25) is 0 Å². The summed E-state index contributed by atoms with van der Waals surface area (Å²) < 4.78 is 26.9. The number of aliphatic hydroxyl groups excluding tert-OH is 1. The summed E-state index contributed by atoms with van der Waals surface area (Å²) in [5.41, 5.74) is 1.40. The zero-order valence-corrected chi connectivity index (χ0v) is 15.0. The van der Waals surface area contributed by atoms with Gasteiger partial charge in [0.05, 0.1) is 12.0 Å². The van der Waals surface area contributed by atoms with Gasteiger partial charge in [0.1, 0.15) is 5.84 Å². The van der Waals surface area contributed by atoms with Crippen LogP contribution in [0.15, 0.2) is 53.7 Å². The van der Waals surface area contributed by atoms with E-state index in [1.807, 2.05) is 6.08 Å². The van der Waals surface area contributed by atoms with Gasteiger partial charge in [-0.15, -0.1) is 0 Å². The first-order valence-electron chi connectivity index (χ1n) is 8.90. The van der Waals surface area contributed by atoms with Crippen molar-refractivity contribution < 1.29 is 13.9 Å². The lowest BCUT2D eigenvalue weighted by Gasteiger charge is -2.36. The van der Waals surface area contributed by atoms with E-state index in [9.17, 15) is 13.9 Å². The minimum absolute atomic E-state index is 0.0641. The third-order valence-corrected chi connectivity index (χ3v) is 4.93. The largest absolute Gasteiger partial charge is 0.387 e. The Kier molecular flexibility index (Phi) is 5.53. The van der Waals surface area contributed by atoms with E-state index in [0.29, 0.717) is 12.0 Å². The molecule has 140 valence electrons. The van der Waals surface area contributed by atoms with Crippen molar-refractivity contribution in [3.63, 3.8) is 0 Å². The number of nitrogens with zero attached hydrogens (tertiary/aromatic N) is 2. The number of hydrogen-bond donors (Lipinski definition) is 2. The molecule has 1 saturated heterocycles. The van der Waals surface area contributed by atoms with Crippen LogP contribution < -0.4 is 5.32 Å². The second kappa shape index (κ2) is 7.68. The zero-order valence-electron chi connectivity index (χ0n) is 15.0. The highest BCUT2D eigenvalue weighted by molar-refractivity contribution is 5.89. The Morgan fingerprint density at radius 2 is 1.92 bits per heavy atom. The average molecular weight is 361 g/mol. The molecule has 2 N–H and O–H groups in total. The van der Waals surface area contributed by atoms with Crippen LogP contribution in [-0.4, -0.2) is 42.0 Å². The summed E-state index contributed by atoms with van der Waals surface area (Å²) in [6.07, 6.45) is 3.44. The van der Waals surface area contributed by atoms with Crippen molar-refractivity contribution in [2.75, 3.05) is 26.2 Å². The number of allylic oxidation sites excluding steroid dienone is 1. The number of amidine groups is 1. The average Bonchev–Trinajstić information content (AvgIpc) is 2.83. The molecule has 2 atom stereocenters. The molecule has 0 saturated carbocycles. The SMILES string of the molecule is C=C1CC=CN=C(N2CCNCC2)C1C(O)c1ccc(C(C)(F)F)cc1. The second-order valence-corrected chi connectivity index (χ2v) is 6.90.